The number of aromatic amines is 1. The van der Waals surface area contributed by atoms with Gasteiger partial charge in [-0.15, -0.1) is 0 Å². The molecule has 0 radical (unpaired) electrons. The minimum Gasteiger partial charge on any atom is -0.444 e. The summed E-state index contributed by atoms with van der Waals surface area (Å²) < 4.78 is 29.7. The van der Waals surface area contributed by atoms with Crippen molar-refractivity contribution in [3.8, 4) is 11.3 Å². The fraction of sp³-hybridized carbons (Fsp3) is 0.323. The number of fused-ring (bicyclic) bond motifs is 1. The second-order valence-electron chi connectivity index (χ2n) is 11.4. The number of piperidine rings is 1. The van der Waals surface area contributed by atoms with Gasteiger partial charge in [0.05, 0.1) is 16.0 Å². The van der Waals surface area contributed by atoms with E-state index in [-0.39, 0.29) is 16.5 Å². The first-order chi connectivity index (χ1) is 19.4. The lowest BCUT2D eigenvalue weighted by Crippen LogP contribution is -2.41. The Morgan fingerprint density at radius 1 is 1.05 bits per heavy atom. The SMILES string of the molecule is CC(C)(C)OC(=O)N1CCC(c2ccc(Nc3nc(-c4cccc(S(C)(=O)=O)c4)cc4cc[nH]c(=O)c34)cc2)CC1. The Morgan fingerprint density at radius 2 is 1.76 bits per heavy atom. The van der Waals surface area contributed by atoms with E-state index in [1.54, 1.807) is 47.5 Å². The fourth-order valence-corrected chi connectivity index (χ4v) is 5.70. The number of hydrogen-bond donors (Lipinski definition) is 2. The molecule has 3 heterocycles. The van der Waals surface area contributed by atoms with Gasteiger partial charge in [-0.2, -0.15) is 0 Å². The number of anilines is 2. The number of amides is 1. The molecule has 41 heavy (non-hydrogen) atoms. The van der Waals surface area contributed by atoms with E-state index in [0.29, 0.717) is 46.9 Å². The van der Waals surface area contributed by atoms with Gasteiger partial charge in [0.15, 0.2) is 9.84 Å². The third kappa shape index (κ3) is 6.59. The average molecular weight is 575 g/mol. The van der Waals surface area contributed by atoms with Crippen molar-refractivity contribution in [2.24, 2.45) is 0 Å². The lowest BCUT2D eigenvalue weighted by molar-refractivity contribution is 0.0205. The standard InChI is InChI=1S/C31H34N4O5S/c1-31(2,3)40-30(37)35-16-13-21(14-17-35)20-8-10-24(11-9-20)33-28-27-23(12-15-32-29(27)36)19-26(34-28)22-6-5-7-25(18-22)41(4,38)39/h5-12,15,18-19,21H,13-14,16-17H2,1-4H3,(H,32,36)(H,33,34). The molecule has 1 aliphatic heterocycles. The van der Waals surface area contributed by atoms with Gasteiger partial charge in [-0.1, -0.05) is 24.3 Å². The molecule has 0 unspecified atom stereocenters. The Kier molecular flexibility index (Phi) is 7.61. The molecule has 1 amide bonds. The Balaban J connectivity index is 1.37. The van der Waals surface area contributed by atoms with Crippen molar-refractivity contribution < 1.29 is 17.9 Å². The van der Waals surface area contributed by atoms with Crippen molar-refractivity contribution in [1.29, 1.82) is 0 Å². The number of carbonyl (C=O) groups is 1. The van der Waals surface area contributed by atoms with Crippen molar-refractivity contribution in [2.75, 3.05) is 24.7 Å². The number of likely N-dealkylation sites (tertiary alicyclic amines) is 1. The molecular formula is C31H34N4O5S. The van der Waals surface area contributed by atoms with Gasteiger partial charge in [0, 0.05) is 36.8 Å². The number of nitrogens with zero attached hydrogens (tertiary/aromatic N) is 2. The van der Waals surface area contributed by atoms with Crippen LogP contribution in [0.2, 0.25) is 0 Å². The molecular weight excluding hydrogens is 540 g/mol. The van der Waals surface area contributed by atoms with Crippen LogP contribution >= 0.6 is 0 Å². The van der Waals surface area contributed by atoms with E-state index < -0.39 is 15.4 Å². The monoisotopic (exact) mass is 574 g/mol. The van der Waals surface area contributed by atoms with E-state index in [1.807, 2.05) is 32.9 Å². The molecule has 0 bridgehead atoms. The molecule has 10 heteroatoms. The molecule has 4 aromatic rings. The summed E-state index contributed by atoms with van der Waals surface area (Å²) >= 11 is 0. The highest BCUT2D eigenvalue weighted by molar-refractivity contribution is 7.90. The molecule has 0 spiro atoms. The summed E-state index contributed by atoms with van der Waals surface area (Å²) in [4.78, 5) is 34.6. The van der Waals surface area contributed by atoms with Gasteiger partial charge in [0.1, 0.15) is 11.4 Å². The van der Waals surface area contributed by atoms with Crippen LogP contribution in [-0.2, 0) is 14.6 Å². The highest BCUT2D eigenvalue weighted by Crippen LogP contribution is 2.32. The van der Waals surface area contributed by atoms with Gasteiger partial charge in [0.2, 0.25) is 0 Å². The summed E-state index contributed by atoms with van der Waals surface area (Å²) in [6.07, 6.45) is 4.18. The number of hydrogen-bond acceptors (Lipinski definition) is 7. The molecule has 0 atom stereocenters. The lowest BCUT2D eigenvalue weighted by atomic mass is 9.89. The van der Waals surface area contributed by atoms with Crippen molar-refractivity contribution >= 4 is 38.2 Å². The smallest absolute Gasteiger partial charge is 0.410 e. The van der Waals surface area contributed by atoms with Crippen LogP contribution < -0.4 is 10.9 Å². The summed E-state index contributed by atoms with van der Waals surface area (Å²) in [6.45, 7) is 6.90. The van der Waals surface area contributed by atoms with Gasteiger partial charge in [-0.25, -0.2) is 18.2 Å². The van der Waals surface area contributed by atoms with Crippen LogP contribution in [0.15, 0.2) is 76.6 Å². The van der Waals surface area contributed by atoms with Crippen molar-refractivity contribution in [2.45, 2.75) is 50.0 Å². The van der Waals surface area contributed by atoms with Crippen LogP contribution in [0.1, 0.15) is 45.1 Å². The summed E-state index contributed by atoms with van der Waals surface area (Å²) in [5, 5.41) is 4.39. The first-order valence-electron chi connectivity index (χ1n) is 13.6. The summed E-state index contributed by atoms with van der Waals surface area (Å²) in [5.41, 5.74) is 2.33. The van der Waals surface area contributed by atoms with E-state index in [2.05, 4.69) is 22.4 Å². The number of sulfone groups is 1. The third-order valence-electron chi connectivity index (χ3n) is 7.10. The molecule has 2 aromatic carbocycles. The maximum Gasteiger partial charge on any atom is 0.410 e. The zero-order valence-electron chi connectivity index (χ0n) is 23.6. The number of carbonyl (C=O) groups excluding carboxylic acids is 1. The number of ether oxygens (including phenoxy) is 1. The molecule has 9 nitrogen and oxygen atoms in total. The zero-order chi connectivity index (χ0) is 29.4. The highest BCUT2D eigenvalue weighted by atomic mass is 32.2. The van der Waals surface area contributed by atoms with Crippen LogP contribution in [0.4, 0.5) is 16.3 Å². The number of rotatable bonds is 5. The van der Waals surface area contributed by atoms with Gasteiger partial charge < -0.3 is 19.9 Å². The summed E-state index contributed by atoms with van der Waals surface area (Å²) in [5.74, 6) is 0.706. The second kappa shape index (κ2) is 11.0. The quantitative estimate of drug-likeness (QED) is 0.307. The van der Waals surface area contributed by atoms with Gasteiger partial charge >= 0.3 is 6.09 Å². The summed E-state index contributed by atoms with van der Waals surface area (Å²) in [6, 6.07) is 18.2. The normalized spacial score (nSPS) is 14.7. The van der Waals surface area contributed by atoms with Gasteiger partial charge in [-0.3, -0.25) is 4.79 Å². The minimum atomic E-state index is -3.39. The number of pyridine rings is 2. The fourth-order valence-electron chi connectivity index (χ4n) is 5.04. The Bertz CT molecular complexity index is 1750. The zero-order valence-corrected chi connectivity index (χ0v) is 24.4. The van der Waals surface area contributed by atoms with E-state index in [0.717, 1.165) is 18.5 Å². The van der Waals surface area contributed by atoms with Crippen LogP contribution in [0.3, 0.4) is 0 Å². The maximum absolute atomic E-state index is 12.8. The van der Waals surface area contributed by atoms with E-state index >= 15 is 0 Å². The maximum atomic E-state index is 12.8. The Morgan fingerprint density at radius 3 is 2.41 bits per heavy atom. The van der Waals surface area contributed by atoms with Crippen molar-refractivity contribution in [3.05, 3.63) is 82.8 Å². The molecule has 0 aliphatic carbocycles. The Labute approximate surface area is 239 Å². The lowest BCUT2D eigenvalue weighted by Gasteiger charge is -2.33. The second-order valence-corrected chi connectivity index (χ2v) is 13.4. The van der Waals surface area contributed by atoms with Crippen molar-refractivity contribution in [3.63, 3.8) is 0 Å². The molecule has 5 rings (SSSR count). The predicted octanol–water partition coefficient (Wildman–Crippen LogP) is 5.85. The van der Waals surface area contributed by atoms with Crippen LogP contribution in [-0.4, -0.2) is 54.3 Å². The highest BCUT2D eigenvalue weighted by Gasteiger charge is 2.27. The summed E-state index contributed by atoms with van der Waals surface area (Å²) in [7, 11) is -3.39. The molecule has 2 aromatic heterocycles. The number of aromatic nitrogens is 2. The first kappa shape index (κ1) is 28.4. The average Bonchev–Trinajstić information content (AvgIpc) is 2.92. The van der Waals surface area contributed by atoms with Gasteiger partial charge in [0.25, 0.3) is 5.56 Å². The van der Waals surface area contributed by atoms with Crippen LogP contribution in [0.5, 0.6) is 0 Å². The molecule has 214 valence electrons. The molecule has 1 fully saturated rings. The predicted molar refractivity (Wildman–Crippen MR) is 160 cm³/mol. The largest absolute Gasteiger partial charge is 0.444 e. The number of nitrogens with one attached hydrogen (secondary N) is 2. The molecule has 1 aliphatic rings. The number of benzene rings is 2. The van der Waals surface area contributed by atoms with Crippen LogP contribution in [0, 0.1) is 0 Å². The Hall–Kier alpha value is -4.18. The molecule has 1 saturated heterocycles. The van der Waals surface area contributed by atoms with E-state index in [1.165, 1.54) is 11.8 Å². The van der Waals surface area contributed by atoms with E-state index in [9.17, 15) is 18.0 Å². The van der Waals surface area contributed by atoms with Crippen molar-refractivity contribution in [1.82, 2.24) is 14.9 Å². The molecule has 2 N–H and O–H groups in total. The first-order valence-corrected chi connectivity index (χ1v) is 15.4. The topological polar surface area (TPSA) is 121 Å². The van der Waals surface area contributed by atoms with Gasteiger partial charge in [-0.05, 0) is 86.9 Å². The molecule has 0 saturated carbocycles. The van der Waals surface area contributed by atoms with Crippen LogP contribution in [0.25, 0.3) is 22.0 Å². The minimum absolute atomic E-state index is 0.199. The van der Waals surface area contributed by atoms with E-state index in [4.69, 9.17) is 9.72 Å². The number of H-pyrrole nitrogens is 1. The third-order valence-corrected chi connectivity index (χ3v) is 8.21.